The Morgan fingerprint density at radius 2 is 1.35 bits per heavy atom. The fourth-order valence-corrected chi connectivity index (χ4v) is 6.85. The molecule has 0 atom stereocenters. The van der Waals surface area contributed by atoms with E-state index in [2.05, 4.69) is 20.7 Å². The van der Waals surface area contributed by atoms with Gasteiger partial charge in [0, 0.05) is 30.5 Å². The van der Waals surface area contributed by atoms with Gasteiger partial charge in [-0.2, -0.15) is 0 Å². The van der Waals surface area contributed by atoms with Crippen LogP contribution in [0, 0.1) is 11.8 Å². The van der Waals surface area contributed by atoms with Gasteiger partial charge >= 0.3 is 18.1 Å². The molecule has 272 valence electrons. The van der Waals surface area contributed by atoms with Crippen molar-refractivity contribution >= 4 is 58.5 Å². The number of nitrogens with zero attached hydrogens (tertiary/aromatic N) is 2. The molecule has 1 heterocycles. The molecule has 2 fully saturated rings. The molecule has 2 aliphatic carbocycles. The minimum atomic E-state index is -1.72. The topological polar surface area (TPSA) is 181 Å². The van der Waals surface area contributed by atoms with E-state index in [-0.39, 0.29) is 62.0 Å². The number of ether oxygens (including phenoxy) is 2. The lowest BCUT2D eigenvalue weighted by Gasteiger charge is -2.26. The van der Waals surface area contributed by atoms with Crippen LogP contribution in [0.15, 0.2) is 48.5 Å². The van der Waals surface area contributed by atoms with E-state index < -0.39 is 30.0 Å². The van der Waals surface area contributed by atoms with Gasteiger partial charge in [0.25, 0.3) is 11.8 Å². The number of nitrogens with one attached hydrogen (secondary N) is 3. The van der Waals surface area contributed by atoms with E-state index in [1.54, 1.807) is 48.5 Å². The number of methoxy groups -OCH3 is 1. The summed E-state index contributed by atoms with van der Waals surface area (Å²) >= 11 is 0. The zero-order valence-corrected chi connectivity index (χ0v) is 28.8. The quantitative estimate of drug-likeness (QED) is 0.147. The van der Waals surface area contributed by atoms with E-state index in [1.165, 1.54) is 16.9 Å². The third kappa shape index (κ3) is 9.71. The Morgan fingerprint density at radius 3 is 1.90 bits per heavy atom. The van der Waals surface area contributed by atoms with Gasteiger partial charge in [0.05, 0.1) is 31.6 Å². The first-order chi connectivity index (χ1) is 24.6. The van der Waals surface area contributed by atoms with Crippen LogP contribution in [-0.2, 0) is 40.1 Å². The highest BCUT2D eigenvalue weighted by Crippen LogP contribution is 2.35. The molecule has 0 spiro atoms. The monoisotopic (exact) mass is 703 g/mol. The highest BCUT2D eigenvalue weighted by Gasteiger charge is 2.43. The molecule has 0 bridgehead atoms. The molecule has 14 heteroatoms. The normalized spacial score (nSPS) is 16.7. The number of alkyl carbamates (subject to hydrolysis) is 1. The summed E-state index contributed by atoms with van der Waals surface area (Å²) < 4.78 is 9.79. The molecule has 0 radical (unpaired) electrons. The van der Waals surface area contributed by atoms with Crippen LogP contribution in [0.5, 0.6) is 0 Å². The Balaban J connectivity index is 1.30. The maximum Gasteiger partial charge on any atom is 0.407 e. The van der Waals surface area contributed by atoms with Crippen LogP contribution in [0.4, 0.5) is 26.7 Å². The summed E-state index contributed by atoms with van der Waals surface area (Å²) in [5.74, 6) is -2.53. The number of fused-ring (bicyclic) bond motifs is 1. The van der Waals surface area contributed by atoms with Crippen molar-refractivity contribution in [3.05, 3.63) is 54.1 Å². The SMILES string of the molecule is COC(=O)CCCNC(=O)OCc1cccc(NC(=O)NC2C(=O)N(CC(=O)C3CCCC3)c3ccccc3N(CC(=O)C3CCCC3)C2=O)c1. The summed E-state index contributed by atoms with van der Waals surface area (Å²) in [6.07, 6.45) is 6.52. The Labute approximate surface area is 296 Å². The summed E-state index contributed by atoms with van der Waals surface area (Å²) in [5.41, 5.74) is 1.49. The van der Waals surface area contributed by atoms with Crippen molar-refractivity contribution < 1.29 is 43.0 Å². The Hall–Kier alpha value is -5.27. The molecule has 51 heavy (non-hydrogen) atoms. The van der Waals surface area contributed by atoms with Gasteiger partial charge in [-0.3, -0.25) is 24.0 Å². The first-order valence-corrected chi connectivity index (χ1v) is 17.6. The molecule has 3 N–H and O–H groups in total. The molecule has 2 aromatic rings. The van der Waals surface area contributed by atoms with Crippen molar-refractivity contribution in [2.75, 3.05) is 41.9 Å². The van der Waals surface area contributed by atoms with Crippen molar-refractivity contribution in [2.45, 2.75) is 76.9 Å². The van der Waals surface area contributed by atoms with Crippen LogP contribution in [0.3, 0.4) is 0 Å². The summed E-state index contributed by atoms with van der Waals surface area (Å²) in [6.45, 7) is -0.429. The number of Topliss-reactive ketones (excluding diaryl/α,β-unsaturated/α-hetero) is 2. The van der Waals surface area contributed by atoms with Crippen LogP contribution in [0.2, 0.25) is 0 Å². The second-order valence-electron chi connectivity index (χ2n) is 13.1. The molecule has 5 amide bonds. The summed E-state index contributed by atoms with van der Waals surface area (Å²) in [7, 11) is 1.29. The first kappa shape index (κ1) is 37.0. The van der Waals surface area contributed by atoms with Gasteiger partial charge in [0.2, 0.25) is 0 Å². The van der Waals surface area contributed by atoms with Crippen LogP contribution in [-0.4, -0.2) is 74.3 Å². The minimum absolute atomic E-state index is 0.115. The van der Waals surface area contributed by atoms with Crippen molar-refractivity contribution in [3.8, 4) is 0 Å². The first-order valence-electron chi connectivity index (χ1n) is 17.6. The van der Waals surface area contributed by atoms with Gasteiger partial charge in [-0.25, -0.2) is 9.59 Å². The van der Waals surface area contributed by atoms with Gasteiger partial charge in [-0.15, -0.1) is 0 Å². The summed E-state index contributed by atoms with van der Waals surface area (Å²) in [4.78, 5) is 94.4. The van der Waals surface area contributed by atoms with Crippen molar-refractivity contribution in [1.29, 1.82) is 0 Å². The lowest BCUT2D eigenvalue weighted by molar-refractivity contribution is -0.140. The fourth-order valence-electron chi connectivity index (χ4n) is 6.85. The van der Waals surface area contributed by atoms with Crippen molar-refractivity contribution in [2.24, 2.45) is 11.8 Å². The average Bonchev–Trinajstić information content (AvgIpc) is 3.87. The van der Waals surface area contributed by atoms with Gasteiger partial charge in [0.15, 0.2) is 17.6 Å². The van der Waals surface area contributed by atoms with Gasteiger partial charge in [0.1, 0.15) is 6.61 Å². The van der Waals surface area contributed by atoms with E-state index in [0.717, 1.165) is 51.4 Å². The number of urea groups is 1. The number of carbonyl (C=O) groups is 7. The average molecular weight is 704 g/mol. The van der Waals surface area contributed by atoms with E-state index in [4.69, 9.17) is 4.74 Å². The molecule has 0 saturated heterocycles. The van der Waals surface area contributed by atoms with Crippen LogP contribution in [0.1, 0.15) is 69.8 Å². The van der Waals surface area contributed by atoms with Crippen LogP contribution >= 0.6 is 0 Å². The Morgan fingerprint density at radius 1 is 0.784 bits per heavy atom. The number of anilines is 3. The van der Waals surface area contributed by atoms with Gasteiger partial charge < -0.3 is 35.2 Å². The van der Waals surface area contributed by atoms with Gasteiger partial charge in [-0.1, -0.05) is 49.9 Å². The molecule has 5 rings (SSSR count). The van der Waals surface area contributed by atoms with E-state index in [0.29, 0.717) is 29.0 Å². The Kier molecular flexibility index (Phi) is 12.8. The van der Waals surface area contributed by atoms with E-state index in [9.17, 15) is 33.6 Å². The number of para-hydroxylation sites is 2. The van der Waals surface area contributed by atoms with E-state index in [1.807, 2.05) is 0 Å². The number of benzene rings is 2. The van der Waals surface area contributed by atoms with Crippen molar-refractivity contribution in [1.82, 2.24) is 10.6 Å². The summed E-state index contributed by atoms with van der Waals surface area (Å²) in [6, 6.07) is 10.6. The number of hydrogen-bond acceptors (Lipinski definition) is 9. The molecule has 3 aliphatic rings. The van der Waals surface area contributed by atoms with E-state index >= 15 is 0 Å². The van der Waals surface area contributed by atoms with Crippen LogP contribution < -0.4 is 25.8 Å². The van der Waals surface area contributed by atoms with Gasteiger partial charge in [-0.05, 0) is 61.9 Å². The molecule has 0 aromatic heterocycles. The second-order valence-corrected chi connectivity index (χ2v) is 13.1. The lowest BCUT2D eigenvalue weighted by atomic mass is 10.0. The molecule has 14 nitrogen and oxygen atoms in total. The highest BCUT2D eigenvalue weighted by molar-refractivity contribution is 6.23. The smallest absolute Gasteiger partial charge is 0.407 e. The Bertz CT molecular complexity index is 1560. The largest absolute Gasteiger partial charge is 0.469 e. The molecule has 2 aromatic carbocycles. The van der Waals surface area contributed by atoms with Crippen molar-refractivity contribution in [3.63, 3.8) is 0 Å². The number of amides is 5. The zero-order chi connectivity index (χ0) is 36.3. The van der Waals surface area contributed by atoms with Crippen LogP contribution in [0.25, 0.3) is 0 Å². The fraction of sp³-hybridized carbons (Fsp3) is 0.486. The third-order valence-electron chi connectivity index (χ3n) is 9.62. The number of ketones is 2. The molecule has 0 unspecified atom stereocenters. The highest BCUT2D eigenvalue weighted by atomic mass is 16.5. The number of carbonyl (C=O) groups excluding carboxylic acids is 7. The standard InChI is InChI=1S/C37H45N5O9/c1-50-32(45)18-9-19-38-37(49)51-23-24-10-8-15-27(20-24)39-36(48)40-33-34(46)41(21-30(43)25-11-2-3-12-25)28-16-6-7-17-29(28)42(35(33)47)22-31(44)26-13-4-5-14-26/h6-8,10,15-17,20,25-26,33H,2-5,9,11-14,18-19,21-23H2,1H3,(H,38,49)(H2,39,40,48). The maximum absolute atomic E-state index is 14.2. The zero-order valence-electron chi connectivity index (χ0n) is 28.8. The maximum atomic E-state index is 14.2. The minimum Gasteiger partial charge on any atom is -0.469 e. The summed E-state index contributed by atoms with van der Waals surface area (Å²) in [5, 5.41) is 7.69. The third-order valence-corrected chi connectivity index (χ3v) is 9.62. The molecular formula is C37H45N5O9. The number of rotatable bonds is 14. The number of esters is 1. The number of hydrogen-bond donors (Lipinski definition) is 3. The predicted molar refractivity (Wildman–Crippen MR) is 187 cm³/mol. The molecular weight excluding hydrogens is 658 g/mol. The molecule has 2 saturated carbocycles. The lowest BCUT2D eigenvalue weighted by Crippen LogP contribution is -2.57. The molecule has 1 aliphatic heterocycles. The second kappa shape index (κ2) is 17.6. The predicted octanol–water partition coefficient (Wildman–Crippen LogP) is 4.25.